The van der Waals surface area contributed by atoms with E-state index in [4.69, 9.17) is 4.98 Å². The first-order chi connectivity index (χ1) is 14.0. The number of benzene rings is 1. The van der Waals surface area contributed by atoms with Crippen LogP contribution in [0.15, 0.2) is 54.4 Å². The van der Waals surface area contributed by atoms with Crippen molar-refractivity contribution in [2.45, 2.75) is 65.3 Å². The molecule has 0 radical (unpaired) electrons. The van der Waals surface area contributed by atoms with Crippen molar-refractivity contribution < 1.29 is 0 Å². The molecule has 0 spiro atoms. The van der Waals surface area contributed by atoms with Crippen LogP contribution in [-0.2, 0) is 0 Å². The van der Waals surface area contributed by atoms with Gasteiger partial charge in [-0.3, -0.25) is 0 Å². The predicted molar refractivity (Wildman–Crippen MR) is 120 cm³/mol. The van der Waals surface area contributed by atoms with Crippen molar-refractivity contribution in [3.63, 3.8) is 0 Å². The average molecular weight is 387 g/mol. The maximum atomic E-state index is 4.71. The molecule has 4 aliphatic carbocycles. The number of aromatic nitrogens is 2. The van der Waals surface area contributed by atoms with Crippen LogP contribution in [0, 0.1) is 34.5 Å². The van der Waals surface area contributed by atoms with E-state index in [1.807, 2.05) is 0 Å². The number of imidazole rings is 1. The van der Waals surface area contributed by atoms with Crippen LogP contribution in [0.25, 0.3) is 11.0 Å². The molecule has 0 saturated heterocycles. The standard InChI is InChI=1S/C27H34N2/c1-18-12-14-26(2)19(16-18)8-9-20-21-10-11-25(27(21,3)15-13-22(20)26)29-17-28-23-6-4-5-7-24(23)29/h4-8,10-11,17-18,20-22,25H,9,12-16H2,1-3H3. The maximum absolute atomic E-state index is 4.71. The van der Waals surface area contributed by atoms with Gasteiger partial charge in [-0.1, -0.05) is 56.7 Å². The first kappa shape index (κ1) is 18.0. The quantitative estimate of drug-likeness (QED) is 0.485. The van der Waals surface area contributed by atoms with Crippen LogP contribution in [0.3, 0.4) is 0 Å². The van der Waals surface area contributed by atoms with Gasteiger partial charge in [0.2, 0.25) is 0 Å². The number of hydrogen-bond donors (Lipinski definition) is 0. The normalized spacial score (nSPS) is 43.6. The smallest absolute Gasteiger partial charge is 0.0964 e. The molecule has 1 aromatic heterocycles. The Morgan fingerprint density at radius 2 is 1.93 bits per heavy atom. The molecule has 152 valence electrons. The minimum Gasteiger partial charge on any atom is -0.323 e. The lowest BCUT2D eigenvalue weighted by atomic mass is 9.47. The molecular formula is C27H34N2. The summed E-state index contributed by atoms with van der Waals surface area (Å²) in [6.07, 6.45) is 18.1. The van der Waals surface area contributed by atoms with Gasteiger partial charge in [0, 0.05) is 0 Å². The van der Waals surface area contributed by atoms with Crippen molar-refractivity contribution >= 4 is 11.0 Å². The summed E-state index contributed by atoms with van der Waals surface area (Å²) < 4.78 is 2.46. The van der Waals surface area contributed by atoms with Gasteiger partial charge >= 0.3 is 0 Å². The second-order valence-electron chi connectivity index (χ2n) is 11.0. The van der Waals surface area contributed by atoms with Crippen molar-refractivity contribution in [3.8, 4) is 0 Å². The van der Waals surface area contributed by atoms with E-state index in [0.717, 1.165) is 23.3 Å². The molecule has 0 bridgehead atoms. The lowest BCUT2D eigenvalue weighted by molar-refractivity contribution is -0.0305. The first-order valence-corrected chi connectivity index (χ1v) is 11.8. The second kappa shape index (κ2) is 6.09. The molecule has 7 unspecified atom stereocenters. The Kier molecular flexibility index (Phi) is 3.78. The third-order valence-corrected chi connectivity index (χ3v) is 9.60. The fraction of sp³-hybridized carbons (Fsp3) is 0.593. The van der Waals surface area contributed by atoms with Crippen LogP contribution >= 0.6 is 0 Å². The molecule has 0 amide bonds. The summed E-state index contributed by atoms with van der Waals surface area (Å²) >= 11 is 0. The topological polar surface area (TPSA) is 17.8 Å². The molecule has 1 heterocycles. The van der Waals surface area contributed by atoms with Gasteiger partial charge in [0.15, 0.2) is 0 Å². The fourth-order valence-corrected chi connectivity index (χ4v) is 7.89. The summed E-state index contributed by atoms with van der Waals surface area (Å²) in [5, 5.41) is 0. The summed E-state index contributed by atoms with van der Waals surface area (Å²) in [5.74, 6) is 3.26. The van der Waals surface area contributed by atoms with Gasteiger partial charge in [0.1, 0.15) is 0 Å². The van der Waals surface area contributed by atoms with E-state index in [2.05, 4.69) is 74.2 Å². The summed E-state index contributed by atoms with van der Waals surface area (Å²) in [6.45, 7) is 7.63. The van der Waals surface area contributed by atoms with Gasteiger partial charge < -0.3 is 4.57 Å². The highest BCUT2D eigenvalue weighted by molar-refractivity contribution is 5.75. The largest absolute Gasteiger partial charge is 0.323 e. The lowest BCUT2D eigenvalue weighted by Crippen LogP contribution is -2.50. The zero-order valence-electron chi connectivity index (χ0n) is 18.1. The van der Waals surface area contributed by atoms with Gasteiger partial charge in [-0.05, 0) is 85.2 Å². The summed E-state index contributed by atoms with van der Waals surface area (Å²) in [7, 11) is 0. The van der Waals surface area contributed by atoms with Crippen LogP contribution in [0.4, 0.5) is 0 Å². The first-order valence-electron chi connectivity index (χ1n) is 11.8. The molecule has 2 nitrogen and oxygen atoms in total. The monoisotopic (exact) mass is 386 g/mol. The lowest BCUT2D eigenvalue weighted by Gasteiger charge is -2.58. The molecule has 7 atom stereocenters. The molecule has 29 heavy (non-hydrogen) atoms. The van der Waals surface area contributed by atoms with Crippen LogP contribution in [0.2, 0.25) is 0 Å². The number of nitrogens with zero attached hydrogens (tertiary/aromatic N) is 2. The third-order valence-electron chi connectivity index (χ3n) is 9.60. The highest BCUT2D eigenvalue weighted by atomic mass is 15.1. The van der Waals surface area contributed by atoms with Crippen molar-refractivity contribution in [2.75, 3.05) is 0 Å². The Balaban J connectivity index is 1.36. The maximum Gasteiger partial charge on any atom is 0.0964 e. The van der Waals surface area contributed by atoms with E-state index in [-0.39, 0.29) is 0 Å². The molecule has 2 aromatic rings. The van der Waals surface area contributed by atoms with E-state index < -0.39 is 0 Å². The molecule has 1 aromatic carbocycles. The predicted octanol–water partition coefficient (Wildman–Crippen LogP) is 6.95. The summed E-state index contributed by atoms with van der Waals surface area (Å²) in [4.78, 5) is 4.71. The van der Waals surface area contributed by atoms with Gasteiger partial charge in [-0.15, -0.1) is 0 Å². The third kappa shape index (κ3) is 2.38. The molecule has 0 aliphatic heterocycles. The molecule has 0 N–H and O–H groups in total. The Hall–Kier alpha value is -1.83. The number of rotatable bonds is 1. The molecule has 2 saturated carbocycles. The second-order valence-corrected chi connectivity index (χ2v) is 11.0. The number of fused-ring (bicyclic) bond motifs is 6. The Labute approximate surface area is 175 Å². The Morgan fingerprint density at radius 1 is 1.07 bits per heavy atom. The van der Waals surface area contributed by atoms with E-state index in [9.17, 15) is 0 Å². The van der Waals surface area contributed by atoms with E-state index in [1.54, 1.807) is 5.57 Å². The zero-order valence-corrected chi connectivity index (χ0v) is 18.1. The number of para-hydroxylation sites is 2. The molecular weight excluding hydrogens is 352 g/mol. The Morgan fingerprint density at radius 3 is 2.83 bits per heavy atom. The van der Waals surface area contributed by atoms with Gasteiger partial charge in [0.25, 0.3) is 0 Å². The van der Waals surface area contributed by atoms with E-state index in [1.165, 1.54) is 44.0 Å². The van der Waals surface area contributed by atoms with E-state index in [0.29, 0.717) is 22.8 Å². The van der Waals surface area contributed by atoms with Gasteiger partial charge in [0.05, 0.1) is 23.4 Å². The Bertz CT molecular complexity index is 1010. The van der Waals surface area contributed by atoms with Crippen molar-refractivity contribution in [1.82, 2.24) is 9.55 Å². The molecule has 2 heteroatoms. The highest BCUT2D eigenvalue weighted by Gasteiger charge is 2.57. The van der Waals surface area contributed by atoms with Crippen molar-refractivity contribution in [1.29, 1.82) is 0 Å². The van der Waals surface area contributed by atoms with E-state index >= 15 is 0 Å². The molecule has 6 rings (SSSR count). The summed E-state index contributed by atoms with van der Waals surface area (Å²) in [6, 6.07) is 9.05. The van der Waals surface area contributed by atoms with Crippen molar-refractivity contribution in [2.24, 2.45) is 34.5 Å². The van der Waals surface area contributed by atoms with Crippen molar-refractivity contribution in [3.05, 3.63) is 54.4 Å². The minimum atomic E-state index is 0.314. The van der Waals surface area contributed by atoms with Crippen LogP contribution in [-0.4, -0.2) is 9.55 Å². The van der Waals surface area contributed by atoms with Gasteiger partial charge in [-0.2, -0.15) is 0 Å². The van der Waals surface area contributed by atoms with Crippen LogP contribution < -0.4 is 0 Å². The highest BCUT2D eigenvalue weighted by Crippen LogP contribution is 2.65. The van der Waals surface area contributed by atoms with Gasteiger partial charge in [-0.25, -0.2) is 4.98 Å². The zero-order chi connectivity index (χ0) is 19.8. The SMILES string of the molecule is CC1CCC2(C)C(=CCC3C2CCC2(C)C3C=CC2n2cnc3ccccc32)C1. The van der Waals surface area contributed by atoms with Crippen LogP contribution in [0.5, 0.6) is 0 Å². The van der Waals surface area contributed by atoms with Crippen LogP contribution in [0.1, 0.15) is 65.3 Å². The number of allylic oxidation sites excluding steroid dienone is 4. The number of hydrogen-bond acceptors (Lipinski definition) is 1. The molecule has 4 aliphatic rings. The average Bonchev–Trinajstić information content (AvgIpc) is 3.29. The summed E-state index contributed by atoms with van der Waals surface area (Å²) in [5.41, 5.74) is 4.99. The molecule has 2 fully saturated rings. The fourth-order valence-electron chi connectivity index (χ4n) is 7.89. The minimum absolute atomic E-state index is 0.314.